The average Bonchev–Trinajstić information content (AvgIpc) is 2.26. The number of anilines is 1. The molecule has 0 amide bonds. The van der Waals surface area contributed by atoms with E-state index in [9.17, 15) is 0 Å². The quantitative estimate of drug-likeness (QED) is 0.819. The number of hydrogen-bond acceptors (Lipinski definition) is 2. The van der Waals surface area contributed by atoms with Gasteiger partial charge in [0, 0.05) is 6.04 Å². The largest absolute Gasteiger partial charge is 0.380 e. The van der Waals surface area contributed by atoms with Gasteiger partial charge in [0.15, 0.2) is 0 Å². The fourth-order valence-electron chi connectivity index (χ4n) is 2.83. The van der Waals surface area contributed by atoms with Crippen LogP contribution in [0.5, 0.6) is 0 Å². The highest BCUT2D eigenvalue weighted by Gasteiger charge is 2.27. The van der Waals surface area contributed by atoms with Crippen molar-refractivity contribution >= 4 is 21.6 Å². The summed E-state index contributed by atoms with van der Waals surface area (Å²) in [5.41, 5.74) is 2.25. The number of halogens is 1. The van der Waals surface area contributed by atoms with Gasteiger partial charge in [-0.25, -0.2) is 4.98 Å². The van der Waals surface area contributed by atoms with Crippen LogP contribution in [0.25, 0.3) is 0 Å². The van der Waals surface area contributed by atoms with Crippen molar-refractivity contribution in [3.63, 3.8) is 0 Å². The maximum absolute atomic E-state index is 4.44. The smallest absolute Gasteiger partial charge is 0.106 e. The van der Waals surface area contributed by atoms with Crippen LogP contribution in [-0.2, 0) is 0 Å². The van der Waals surface area contributed by atoms with E-state index in [4.69, 9.17) is 0 Å². The fraction of sp³-hybridized carbons (Fsp3) is 0.643. The predicted octanol–water partition coefficient (Wildman–Crippen LogP) is 4.39. The van der Waals surface area contributed by atoms with E-state index in [0.29, 0.717) is 6.04 Å². The summed E-state index contributed by atoms with van der Waals surface area (Å²) in [6.07, 6.45) is 4.05. The number of nitrogens with one attached hydrogen (secondary N) is 1. The van der Waals surface area contributed by atoms with Gasteiger partial charge in [0.2, 0.25) is 0 Å². The predicted molar refractivity (Wildman–Crippen MR) is 76.3 cm³/mol. The van der Waals surface area contributed by atoms with E-state index in [2.05, 4.69) is 53.1 Å². The molecule has 0 spiro atoms. The molecule has 2 atom stereocenters. The minimum absolute atomic E-state index is 0.588. The molecule has 1 fully saturated rings. The third-order valence-electron chi connectivity index (χ3n) is 3.92. The molecule has 1 heterocycles. The van der Waals surface area contributed by atoms with Crippen LogP contribution >= 0.6 is 15.9 Å². The van der Waals surface area contributed by atoms with Crippen LogP contribution in [0.3, 0.4) is 0 Å². The second kappa shape index (κ2) is 5.38. The Morgan fingerprint density at radius 2 is 1.88 bits per heavy atom. The van der Waals surface area contributed by atoms with E-state index in [0.717, 1.165) is 22.1 Å². The van der Waals surface area contributed by atoms with Crippen molar-refractivity contribution in [1.29, 1.82) is 0 Å². The van der Waals surface area contributed by atoms with Crippen molar-refractivity contribution in [2.75, 3.05) is 5.32 Å². The maximum atomic E-state index is 4.44. The Labute approximate surface area is 112 Å². The lowest BCUT2D eigenvalue weighted by Gasteiger charge is -2.36. The Bertz CT molecular complexity index is 382. The third-order valence-corrected chi connectivity index (χ3v) is 4.36. The Kier molecular flexibility index (Phi) is 4.08. The fourth-order valence-corrected chi connectivity index (χ4v) is 3.23. The van der Waals surface area contributed by atoms with Crippen LogP contribution < -0.4 is 5.32 Å². The highest BCUT2D eigenvalue weighted by Crippen LogP contribution is 2.32. The van der Waals surface area contributed by atoms with Gasteiger partial charge < -0.3 is 5.32 Å². The number of pyridine rings is 1. The number of rotatable bonds is 2. The summed E-state index contributed by atoms with van der Waals surface area (Å²) < 4.78 is 0.908. The van der Waals surface area contributed by atoms with Crippen molar-refractivity contribution in [2.24, 2.45) is 11.8 Å². The van der Waals surface area contributed by atoms with Gasteiger partial charge in [0.05, 0.1) is 11.4 Å². The van der Waals surface area contributed by atoms with Crippen molar-refractivity contribution in [2.45, 2.75) is 46.1 Å². The average molecular weight is 297 g/mol. The van der Waals surface area contributed by atoms with Crippen molar-refractivity contribution < 1.29 is 0 Å². The minimum atomic E-state index is 0.588. The Balaban J connectivity index is 2.13. The standard InChI is InChI=1S/C14H21BrN2/c1-9-5-4-6-10(2)14(9)17-12-7-8-13(15)16-11(12)3/h7-10,14,17H,4-6H2,1-3H3. The summed E-state index contributed by atoms with van der Waals surface area (Å²) in [4.78, 5) is 4.44. The molecule has 2 nitrogen and oxygen atoms in total. The van der Waals surface area contributed by atoms with Gasteiger partial charge in [0.25, 0.3) is 0 Å². The van der Waals surface area contributed by atoms with Gasteiger partial charge in [-0.15, -0.1) is 0 Å². The molecule has 0 aliphatic heterocycles. The normalized spacial score (nSPS) is 29.1. The Morgan fingerprint density at radius 3 is 2.47 bits per heavy atom. The number of aryl methyl sites for hydroxylation is 1. The van der Waals surface area contributed by atoms with Gasteiger partial charge in [-0.05, 0) is 59.7 Å². The molecule has 1 aliphatic rings. The number of nitrogens with zero attached hydrogens (tertiary/aromatic N) is 1. The van der Waals surface area contributed by atoms with Crippen molar-refractivity contribution in [1.82, 2.24) is 4.98 Å². The van der Waals surface area contributed by atoms with Crippen LogP contribution in [0.4, 0.5) is 5.69 Å². The lowest BCUT2D eigenvalue weighted by molar-refractivity contribution is 0.268. The molecular formula is C14H21BrN2. The summed E-state index contributed by atoms with van der Waals surface area (Å²) in [5.74, 6) is 1.50. The number of aromatic nitrogens is 1. The molecule has 3 heteroatoms. The summed E-state index contributed by atoms with van der Waals surface area (Å²) in [6.45, 7) is 6.77. The number of hydrogen-bond donors (Lipinski definition) is 1. The van der Waals surface area contributed by atoms with E-state index in [-0.39, 0.29) is 0 Å². The maximum Gasteiger partial charge on any atom is 0.106 e. The van der Waals surface area contributed by atoms with Crippen molar-refractivity contribution in [3.8, 4) is 0 Å². The monoisotopic (exact) mass is 296 g/mol. The van der Waals surface area contributed by atoms with Crippen LogP contribution in [0, 0.1) is 18.8 Å². The summed E-state index contributed by atoms with van der Waals surface area (Å²) in [7, 11) is 0. The molecule has 0 radical (unpaired) electrons. The molecule has 17 heavy (non-hydrogen) atoms. The first-order chi connectivity index (χ1) is 8.08. The van der Waals surface area contributed by atoms with Gasteiger partial charge in [0.1, 0.15) is 4.60 Å². The molecule has 2 unspecified atom stereocenters. The zero-order valence-corrected chi connectivity index (χ0v) is 12.4. The van der Waals surface area contributed by atoms with E-state index in [1.165, 1.54) is 24.9 Å². The first-order valence-electron chi connectivity index (χ1n) is 6.47. The van der Waals surface area contributed by atoms with Crippen LogP contribution in [0.2, 0.25) is 0 Å². The molecule has 2 rings (SSSR count). The van der Waals surface area contributed by atoms with Gasteiger partial charge in [-0.1, -0.05) is 20.3 Å². The molecule has 0 saturated heterocycles. The highest BCUT2D eigenvalue weighted by atomic mass is 79.9. The molecule has 1 saturated carbocycles. The molecule has 1 aromatic heterocycles. The van der Waals surface area contributed by atoms with Crippen LogP contribution in [0.1, 0.15) is 38.8 Å². The zero-order valence-electron chi connectivity index (χ0n) is 10.8. The minimum Gasteiger partial charge on any atom is -0.380 e. The summed E-state index contributed by atoms with van der Waals surface area (Å²) in [6, 6.07) is 4.72. The first-order valence-corrected chi connectivity index (χ1v) is 7.27. The summed E-state index contributed by atoms with van der Waals surface area (Å²) >= 11 is 3.41. The first kappa shape index (κ1) is 12.9. The molecule has 0 aromatic carbocycles. The zero-order chi connectivity index (χ0) is 12.4. The van der Waals surface area contributed by atoms with Crippen molar-refractivity contribution in [3.05, 3.63) is 22.4 Å². The van der Waals surface area contributed by atoms with Crippen LogP contribution in [-0.4, -0.2) is 11.0 Å². The second-order valence-corrected chi connectivity index (χ2v) is 6.14. The van der Waals surface area contributed by atoms with Crippen LogP contribution in [0.15, 0.2) is 16.7 Å². The lowest BCUT2D eigenvalue weighted by atomic mass is 9.78. The summed E-state index contributed by atoms with van der Waals surface area (Å²) in [5, 5.41) is 3.69. The molecule has 0 bridgehead atoms. The lowest BCUT2D eigenvalue weighted by Crippen LogP contribution is -2.37. The Morgan fingerprint density at radius 1 is 1.24 bits per heavy atom. The third kappa shape index (κ3) is 3.01. The van der Waals surface area contributed by atoms with Gasteiger partial charge in [-0.2, -0.15) is 0 Å². The topological polar surface area (TPSA) is 24.9 Å². The van der Waals surface area contributed by atoms with Gasteiger partial charge >= 0.3 is 0 Å². The van der Waals surface area contributed by atoms with Gasteiger partial charge in [-0.3, -0.25) is 0 Å². The molecule has 1 N–H and O–H groups in total. The molecule has 1 aromatic rings. The molecule has 94 valence electrons. The molecular weight excluding hydrogens is 276 g/mol. The molecule has 1 aliphatic carbocycles. The Hall–Kier alpha value is -0.570. The highest BCUT2D eigenvalue weighted by molar-refractivity contribution is 9.10. The van der Waals surface area contributed by atoms with E-state index < -0.39 is 0 Å². The van der Waals surface area contributed by atoms with E-state index >= 15 is 0 Å². The second-order valence-electron chi connectivity index (χ2n) is 5.32. The van der Waals surface area contributed by atoms with E-state index in [1.807, 2.05) is 6.07 Å². The van der Waals surface area contributed by atoms with E-state index in [1.54, 1.807) is 0 Å². The SMILES string of the molecule is Cc1nc(Br)ccc1NC1C(C)CCCC1C.